The van der Waals surface area contributed by atoms with E-state index in [2.05, 4.69) is 0 Å². The molecule has 2 aromatic rings. The fraction of sp³-hybridized carbons (Fsp3) is 0.286. The fourth-order valence-corrected chi connectivity index (χ4v) is 3.20. The predicted octanol–water partition coefficient (Wildman–Crippen LogP) is 3.81. The predicted molar refractivity (Wildman–Crippen MR) is 77.7 cm³/mol. The van der Waals surface area contributed by atoms with E-state index in [9.17, 15) is 5.11 Å². The molecule has 0 fully saturated rings. The van der Waals surface area contributed by atoms with Crippen molar-refractivity contribution in [2.75, 3.05) is 14.2 Å². The van der Waals surface area contributed by atoms with Crippen LogP contribution in [0.5, 0.6) is 11.5 Å². The van der Waals surface area contributed by atoms with Crippen LogP contribution >= 0.6 is 22.9 Å². The summed E-state index contributed by atoms with van der Waals surface area (Å²) in [4.78, 5) is 0.696. The van der Waals surface area contributed by atoms with E-state index in [0.29, 0.717) is 27.0 Å². The average Bonchev–Trinajstić information content (AvgIpc) is 2.77. The molecule has 0 radical (unpaired) electrons. The highest BCUT2D eigenvalue weighted by atomic mass is 35.5. The molecule has 3 nitrogen and oxygen atoms in total. The molecule has 19 heavy (non-hydrogen) atoms. The average molecular weight is 299 g/mol. The van der Waals surface area contributed by atoms with Gasteiger partial charge in [0.05, 0.1) is 29.7 Å². The van der Waals surface area contributed by atoms with Gasteiger partial charge in [-0.3, -0.25) is 0 Å². The number of rotatable bonds is 4. The summed E-state index contributed by atoms with van der Waals surface area (Å²) in [6.07, 6.45) is -0.864. The third-order valence-corrected chi connectivity index (χ3v) is 4.68. The molecule has 0 bridgehead atoms. The molecule has 0 saturated carbocycles. The Labute approximate surface area is 121 Å². The number of aliphatic hydroxyl groups excluding tert-OH is 1. The third kappa shape index (κ3) is 2.56. The maximum absolute atomic E-state index is 10.6. The van der Waals surface area contributed by atoms with Gasteiger partial charge < -0.3 is 14.6 Å². The Morgan fingerprint density at radius 2 is 1.79 bits per heavy atom. The molecular formula is C14H15ClO3S. The van der Waals surface area contributed by atoms with E-state index in [1.54, 1.807) is 26.4 Å². The van der Waals surface area contributed by atoms with Crippen molar-refractivity contribution in [2.45, 2.75) is 13.0 Å². The Balaban J connectivity index is 2.54. The number of methoxy groups -OCH3 is 2. The van der Waals surface area contributed by atoms with E-state index in [0.717, 1.165) is 5.56 Å². The van der Waals surface area contributed by atoms with Gasteiger partial charge >= 0.3 is 0 Å². The molecule has 1 atom stereocenters. The van der Waals surface area contributed by atoms with Gasteiger partial charge in [-0.1, -0.05) is 17.7 Å². The van der Waals surface area contributed by atoms with Crippen molar-refractivity contribution in [1.29, 1.82) is 0 Å². The zero-order chi connectivity index (χ0) is 14.0. The van der Waals surface area contributed by atoms with Crippen LogP contribution in [0, 0.1) is 6.92 Å². The quantitative estimate of drug-likeness (QED) is 0.933. The Hall–Kier alpha value is -1.23. The van der Waals surface area contributed by atoms with Gasteiger partial charge in [0.2, 0.25) is 0 Å². The van der Waals surface area contributed by atoms with Crippen LogP contribution < -0.4 is 9.47 Å². The lowest BCUT2D eigenvalue weighted by molar-refractivity contribution is 0.212. The largest absolute Gasteiger partial charge is 0.496 e. The third-order valence-electron chi connectivity index (χ3n) is 2.91. The summed E-state index contributed by atoms with van der Waals surface area (Å²) in [7, 11) is 3.12. The topological polar surface area (TPSA) is 38.7 Å². The number of benzene rings is 1. The highest BCUT2D eigenvalue weighted by Gasteiger charge is 2.24. The standard InChI is InChI=1S/C14H15ClO3S/c1-8-7-19-14(12(8)15)13(16)11-9(17-2)5-4-6-10(11)18-3/h4-7,13,16H,1-3H3. The lowest BCUT2D eigenvalue weighted by atomic mass is 10.0. The highest BCUT2D eigenvalue weighted by molar-refractivity contribution is 7.10. The second-order valence-corrected chi connectivity index (χ2v) is 5.36. The highest BCUT2D eigenvalue weighted by Crippen LogP contribution is 2.42. The molecule has 5 heteroatoms. The molecule has 1 aromatic carbocycles. The van der Waals surface area contributed by atoms with Gasteiger partial charge in [0, 0.05) is 0 Å². The molecule has 1 N–H and O–H groups in total. The summed E-state index contributed by atoms with van der Waals surface area (Å²) in [5, 5.41) is 13.1. The van der Waals surface area contributed by atoms with Crippen LogP contribution in [0.4, 0.5) is 0 Å². The normalized spacial score (nSPS) is 12.3. The minimum absolute atomic E-state index is 0.578. The first-order valence-corrected chi connectivity index (χ1v) is 6.98. The number of hydrogen-bond donors (Lipinski definition) is 1. The molecule has 0 saturated heterocycles. The Kier molecular flexibility index (Phi) is 4.34. The summed E-state index contributed by atoms with van der Waals surface area (Å²) in [6.45, 7) is 1.91. The molecule has 1 heterocycles. The molecule has 1 unspecified atom stereocenters. The fourth-order valence-electron chi connectivity index (χ4n) is 1.91. The van der Waals surface area contributed by atoms with Crippen LogP contribution in [0.2, 0.25) is 5.02 Å². The van der Waals surface area contributed by atoms with Gasteiger partial charge in [0.1, 0.15) is 17.6 Å². The van der Waals surface area contributed by atoms with Gasteiger partial charge in [-0.2, -0.15) is 0 Å². The first kappa shape index (κ1) is 14.2. The number of halogens is 1. The van der Waals surface area contributed by atoms with Crippen molar-refractivity contribution < 1.29 is 14.6 Å². The minimum atomic E-state index is -0.864. The first-order valence-electron chi connectivity index (χ1n) is 5.72. The Morgan fingerprint density at radius 3 is 2.21 bits per heavy atom. The van der Waals surface area contributed by atoms with Crippen molar-refractivity contribution in [3.8, 4) is 11.5 Å². The van der Waals surface area contributed by atoms with E-state index < -0.39 is 6.10 Å². The number of aryl methyl sites for hydroxylation is 1. The summed E-state index contributed by atoms with van der Waals surface area (Å²) in [6, 6.07) is 5.39. The SMILES string of the molecule is COc1cccc(OC)c1C(O)c1scc(C)c1Cl. The van der Waals surface area contributed by atoms with Crippen molar-refractivity contribution in [3.05, 3.63) is 44.6 Å². The molecule has 0 aliphatic heterocycles. The summed E-state index contributed by atoms with van der Waals surface area (Å²) < 4.78 is 10.6. The summed E-state index contributed by atoms with van der Waals surface area (Å²) in [5.41, 5.74) is 1.55. The molecule has 0 amide bonds. The van der Waals surface area contributed by atoms with Gasteiger partial charge in [-0.25, -0.2) is 0 Å². The van der Waals surface area contributed by atoms with Crippen LogP contribution in [0.3, 0.4) is 0 Å². The Morgan fingerprint density at radius 1 is 1.21 bits per heavy atom. The summed E-state index contributed by atoms with van der Waals surface area (Å²) >= 11 is 7.64. The number of ether oxygens (including phenoxy) is 2. The van der Waals surface area contributed by atoms with Crippen LogP contribution in [-0.2, 0) is 0 Å². The second-order valence-electron chi connectivity index (χ2n) is 4.08. The zero-order valence-electron chi connectivity index (χ0n) is 10.9. The van der Waals surface area contributed by atoms with Crippen LogP contribution in [-0.4, -0.2) is 19.3 Å². The van der Waals surface area contributed by atoms with Crippen molar-refractivity contribution >= 4 is 22.9 Å². The maximum Gasteiger partial charge on any atom is 0.128 e. The van der Waals surface area contributed by atoms with E-state index in [-0.39, 0.29) is 0 Å². The van der Waals surface area contributed by atoms with Gasteiger partial charge in [-0.05, 0) is 30.0 Å². The molecule has 2 rings (SSSR count). The number of thiophene rings is 1. The first-order chi connectivity index (χ1) is 9.10. The smallest absolute Gasteiger partial charge is 0.128 e. The van der Waals surface area contributed by atoms with Crippen LogP contribution in [0.1, 0.15) is 22.1 Å². The van der Waals surface area contributed by atoms with Gasteiger partial charge in [-0.15, -0.1) is 11.3 Å². The van der Waals surface area contributed by atoms with Crippen molar-refractivity contribution in [1.82, 2.24) is 0 Å². The molecule has 1 aromatic heterocycles. The van der Waals surface area contributed by atoms with Crippen LogP contribution in [0.15, 0.2) is 23.6 Å². The van der Waals surface area contributed by atoms with E-state index in [1.165, 1.54) is 11.3 Å². The number of aliphatic hydroxyl groups is 1. The molecule has 0 spiro atoms. The Bertz CT molecular complexity index is 558. The monoisotopic (exact) mass is 298 g/mol. The maximum atomic E-state index is 10.6. The number of hydrogen-bond acceptors (Lipinski definition) is 4. The summed E-state index contributed by atoms with van der Waals surface area (Å²) in [5.74, 6) is 1.16. The van der Waals surface area contributed by atoms with Crippen LogP contribution in [0.25, 0.3) is 0 Å². The minimum Gasteiger partial charge on any atom is -0.496 e. The van der Waals surface area contributed by atoms with E-state index >= 15 is 0 Å². The van der Waals surface area contributed by atoms with E-state index in [4.69, 9.17) is 21.1 Å². The second kappa shape index (κ2) is 5.82. The molecule has 0 aliphatic carbocycles. The van der Waals surface area contributed by atoms with Gasteiger partial charge in [0.15, 0.2) is 0 Å². The molecule has 0 aliphatic rings. The molecule has 102 valence electrons. The lowest BCUT2D eigenvalue weighted by Gasteiger charge is -2.17. The zero-order valence-corrected chi connectivity index (χ0v) is 12.5. The molecular weight excluding hydrogens is 284 g/mol. The van der Waals surface area contributed by atoms with Crippen molar-refractivity contribution in [3.63, 3.8) is 0 Å². The van der Waals surface area contributed by atoms with Gasteiger partial charge in [0.25, 0.3) is 0 Å². The van der Waals surface area contributed by atoms with E-state index in [1.807, 2.05) is 18.4 Å². The van der Waals surface area contributed by atoms with Crippen molar-refractivity contribution in [2.24, 2.45) is 0 Å². The lowest BCUT2D eigenvalue weighted by Crippen LogP contribution is -2.04.